The SMILES string of the molecule is C=CSc1ccc(NC(=C)/C=C\N(C)C)cc1N. The van der Waals surface area contributed by atoms with Crippen LogP contribution in [0.1, 0.15) is 0 Å². The van der Waals surface area contributed by atoms with E-state index in [2.05, 4.69) is 18.5 Å². The predicted molar refractivity (Wildman–Crippen MR) is 82.5 cm³/mol. The van der Waals surface area contributed by atoms with Gasteiger partial charge in [-0.3, -0.25) is 0 Å². The summed E-state index contributed by atoms with van der Waals surface area (Å²) in [5.41, 5.74) is 8.41. The number of nitrogen functional groups attached to an aromatic ring is 1. The van der Waals surface area contributed by atoms with Crippen molar-refractivity contribution < 1.29 is 0 Å². The number of rotatable bonds is 6. The molecule has 0 amide bonds. The topological polar surface area (TPSA) is 41.3 Å². The van der Waals surface area contributed by atoms with Gasteiger partial charge in [-0.05, 0) is 29.7 Å². The summed E-state index contributed by atoms with van der Waals surface area (Å²) in [7, 11) is 3.92. The molecule has 0 radical (unpaired) electrons. The second kappa shape index (κ2) is 6.81. The van der Waals surface area contributed by atoms with Gasteiger partial charge in [0.05, 0.1) is 0 Å². The van der Waals surface area contributed by atoms with Crippen molar-refractivity contribution >= 4 is 23.1 Å². The Morgan fingerprint density at radius 2 is 2.17 bits per heavy atom. The Bertz CT molecular complexity index is 464. The van der Waals surface area contributed by atoms with Crippen LogP contribution in [0, 0.1) is 0 Å². The van der Waals surface area contributed by atoms with Crippen LogP contribution in [0.5, 0.6) is 0 Å². The third-order valence-corrected chi connectivity index (χ3v) is 2.89. The number of nitrogens with two attached hydrogens (primary N) is 1. The molecule has 0 atom stereocenters. The molecule has 96 valence electrons. The Kier molecular flexibility index (Phi) is 5.39. The normalized spacial score (nSPS) is 10.3. The van der Waals surface area contributed by atoms with Crippen LogP contribution < -0.4 is 11.1 Å². The van der Waals surface area contributed by atoms with Gasteiger partial charge in [0.2, 0.25) is 0 Å². The molecule has 1 rings (SSSR count). The van der Waals surface area contributed by atoms with E-state index in [0.29, 0.717) is 0 Å². The van der Waals surface area contributed by atoms with Gasteiger partial charge in [0, 0.05) is 42.3 Å². The van der Waals surface area contributed by atoms with Crippen molar-refractivity contribution in [2.45, 2.75) is 4.90 Å². The maximum absolute atomic E-state index is 5.94. The molecule has 18 heavy (non-hydrogen) atoms. The van der Waals surface area contributed by atoms with Gasteiger partial charge in [0.25, 0.3) is 0 Å². The molecule has 0 bridgehead atoms. The van der Waals surface area contributed by atoms with E-state index < -0.39 is 0 Å². The fraction of sp³-hybridized carbons (Fsp3) is 0.143. The lowest BCUT2D eigenvalue weighted by atomic mass is 10.2. The van der Waals surface area contributed by atoms with Crippen molar-refractivity contribution in [1.82, 2.24) is 4.90 Å². The molecule has 0 aliphatic carbocycles. The van der Waals surface area contributed by atoms with E-state index in [4.69, 9.17) is 5.73 Å². The molecule has 4 heteroatoms. The van der Waals surface area contributed by atoms with Gasteiger partial charge < -0.3 is 16.0 Å². The van der Waals surface area contributed by atoms with Gasteiger partial charge in [-0.2, -0.15) is 0 Å². The number of benzene rings is 1. The summed E-state index contributed by atoms with van der Waals surface area (Å²) in [5, 5.41) is 4.95. The molecule has 1 aromatic rings. The lowest BCUT2D eigenvalue weighted by molar-refractivity contribution is 0.563. The average Bonchev–Trinajstić information content (AvgIpc) is 2.30. The Balaban J connectivity index is 2.71. The maximum atomic E-state index is 5.94. The quantitative estimate of drug-likeness (QED) is 0.467. The average molecular weight is 261 g/mol. The Morgan fingerprint density at radius 1 is 1.44 bits per heavy atom. The maximum Gasteiger partial charge on any atom is 0.0476 e. The highest BCUT2D eigenvalue weighted by molar-refractivity contribution is 8.02. The highest BCUT2D eigenvalue weighted by atomic mass is 32.2. The molecule has 0 heterocycles. The van der Waals surface area contributed by atoms with Crippen LogP contribution in [-0.2, 0) is 0 Å². The van der Waals surface area contributed by atoms with Gasteiger partial charge in [-0.25, -0.2) is 0 Å². The fourth-order valence-electron chi connectivity index (χ4n) is 1.29. The molecule has 0 fully saturated rings. The standard InChI is InChI=1S/C14H19N3S/c1-5-18-14-7-6-12(10-13(14)15)16-11(2)8-9-17(3)4/h5-10,16H,1-2,15H2,3-4H3/b9-8-. The molecule has 3 nitrogen and oxygen atoms in total. The minimum absolute atomic E-state index is 0.731. The van der Waals surface area contributed by atoms with Crippen LogP contribution in [0.15, 0.2) is 59.6 Å². The first kappa shape index (κ1) is 14.3. The van der Waals surface area contributed by atoms with Crippen molar-refractivity contribution in [2.24, 2.45) is 0 Å². The van der Waals surface area contributed by atoms with Crippen molar-refractivity contribution in [1.29, 1.82) is 0 Å². The van der Waals surface area contributed by atoms with Crippen LogP contribution in [-0.4, -0.2) is 19.0 Å². The van der Waals surface area contributed by atoms with Crippen LogP contribution in [0.25, 0.3) is 0 Å². The van der Waals surface area contributed by atoms with Gasteiger partial charge in [-0.1, -0.05) is 24.9 Å². The summed E-state index contributed by atoms with van der Waals surface area (Å²) >= 11 is 1.51. The molecule has 0 aliphatic rings. The number of allylic oxidation sites excluding steroid dienone is 1. The Morgan fingerprint density at radius 3 is 2.72 bits per heavy atom. The van der Waals surface area contributed by atoms with Gasteiger partial charge in [0.15, 0.2) is 0 Å². The molecular formula is C14H19N3S. The predicted octanol–water partition coefficient (Wildman–Crippen LogP) is 3.51. The number of hydrogen-bond donors (Lipinski definition) is 2. The largest absolute Gasteiger partial charge is 0.398 e. The van der Waals surface area contributed by atoms with Crippen LogP contribution in [0.4, 0.5) is 11.4 Å². The fourth-order valence-corrected chi connectivity index (χ4v) is 1.81. The zero-order chi connectivity index (χ0) is 13.5. The summed E-state index contributed by atoms with van der Waals surface area (Å²) in [6.45, 7) is 7.60. The summed E-state index contributed by atoms with van der Waals surface area (Å²) in [5.74, 6) is 0. The number of hydrogen-bond acceptors (Lipinski definition) is 4. The summed E-state index contributed by atoms with van der Waals surface area (Å²) < 4.78 is 0. The zero-order valence-electron chi connectivity index (χ0n) is 10.8. The second-order valence-electron chi connectivity index (χ2n) is 3.97. The number of anilines is 2. The third kappa shape index (κ3) is 4.59. The minimum atomic E-state index is 0.731. The molecular weight excluding hydrogens is 242 g/mol. The van der Waals surface area contributed by atoms with Gasteiger partial charge in [-0.15, -0.1) is 0 Å². The van der Waals surface area contributed by atoms with Crippen molar-refractivity contribution in [3.05, 3.63) is 54.7 Å². The van der Waals surface area contributed by atoms with Crippen molar-refractivity contribution in [2.75, 3.05) is 25.1 Å². The van der Waals surface area contributed by atoms with Crippen molar-refractivity contribution in [3.63, 3.8) is 0 Å². The van der Waals surface area contributed by atoms with Gasteiger partial charge in [0.1, 0.15) is 0 Å². The second-order valence-corrected chi connectivity index (χ2v) is 4.98. The van der Waals surface area contributed by atoms with E-state index in [1.807, 2.05) is 49.5 Å². The van der Waals surface area contributed by atoms with Crippen LogP contribution >= 0.6 is 11.8 Å². The van der Waals surface area contributed by atoms with Crippen LogP contribution in [0.2, 0.25) is 0 Å². The third-order valence-electron chi connectivity index (χ3n) is 2.10. The molecule has 0 aliphatic heterocycles. The van der Waals surface area contributed by atoms with E-state index >= 15 is 0 Å². The molecule has 1 aromatic carbocycles. The summed E-state index contributed by atoms with van der Waals surface area (Å²) in [4.78, 5) is 2.95. The first-order valence-electron chi connectivity index (χ1n) is 5.50. The highest BCUT2D eigenvalue weighted by Gasteiger charge is 2.00. The lowest BCUT2D eigenvalue weighted by Crippen LogP contribution is -2.02. The smallest absolute Gasteiger partial charge is 0.0476 e. The monoisotopic (exact) mass is 261 g/mol. The number of thioether (sulfide) groups is 1. The lowest BCUT2D eigenvalue weighted by Gasteiger charge is -2.10. The van der Waals surface area contributed by atoms with E-state index in [-0.39, 0.29) is 0 Å². The van der Waals surface area contributed by atoms with E-state index in [9.17, 15) is 0 Å². The van der Waals surface area contributed by atoms with E-state index in [0.717, 1.165) is 22.0 Å². The summed E-state index contributed by atoms with van der Waals surface area (Å²) in [6, 6.07) is 5.82. The molecule has 0 spiro atoms. The number of nitrogens with one attached hydrogen (secondary N) is 1. The molecule has 3 N–H and O–H groups in total. The van der Waals surface area contributed by atoms with Crippen molar-refractivity contribution in [3.8, 4) is 0 Å². The van der Waals surface area contributed by atoms with E-state index in [1.165, 1.54) is 11.8 Å². The Hall–Kier alpha value is -1.81. The van der Waals surface area contributed by atoms with Crippen LogP contribution in [0.3, 0.4) is 0 Å². The van der Waals surface area contributed by atoms with E-state index in [1.54, 1.807) is 5.41 Å². The molecule has 0 aromatic heterocycles. The Labute approximate surface area is 113 Å². The summed E-state index contributed by atoms with van der Waals surface area (Å²) in [6.07, 6.45) is 3.84. The molecule has 0 saturated carbocycles. The minimum Gasteiger partial charge on any atom is -0.398 e. The van der Waals surface area contributed by atoms with Gasteiger partial charge >= 0.3 is 0 Å². The first-order valence-corrected chi connectivity index (χ1v) is 6.38. The molecule has 0 saturated heterocycles. The number of nitrogens with zero attached hydrogens (tertiary/aromatic N) is 1. The first-order chi connectivity index (χ1) is 8.52. The highest BCUT2D eigenvalue weighted by Crippen LogP contribution is 2.28. The zero-order valence-corrected chi connectivity index (χ0v) is 11.6. The molecule has 0 unspecified atom stereocenters.